The number of halogens is 1. The Morgan fingerprint density at radius 1 is 1.25 bits per heavy atom. The average molecular weight is 415 g/mol. The molecule has 0 radical (unpaired) electrons. The van der Waals surface area contributed by atoms with Crippen molar-refractivity contribution in [1.29, 1.82) is 0 Å². The van der Waals surface area contributed by atoms with Crippen molar-refractivity contribution in [3.05, 3.63) is 68.5 Å². The molecule has 2 aromatic carbocycles. The molecule has 0 bridgehead atoms. The summed E-state index contributed by atoms with van der Waals surface area (Å²) in [5.74, 6) is -0.457. The summed E-state index contributed by atoms with van der Waals surface area (Å²) in [7, 11) is 0. The number of nitro benzene ring substituents is 1. The molecule has 1 aromatic heterocycles. The van der Waals surface area contributed by atoms with Crippen LogP contribution in [0.25, 0.3) is 11.3 Å². The molecule has 4 rings (SSSR count). The van der Waals surface area contributed by atoms with Crippen LogP contribution < -0.4 is 10.6 Å². The molecular weight excluding hydrogens is 400 g/mol. The standard InChI is InChI=1S/C19H15ClN4O3S/c20-14-4-2-1-3-13(14)16-10-28-19(22-16)23-18(25)11-5-8-15(21-12-6-7-12)17(9-11)24(26)27/h1-5,8-10,12,21H,6-7H2,(H,22,23,25). The topological polar surface area (TPSA) is 97.2 Å². The highest BCUT2D eigenvalue weighted by Crippen LogP contribution is 2.33. The number of nitro groups is 1. The molecule has 0 unspecified atom stereocenters. The van der Waals surface area contributed by atoms with Gasteiger partial charge in [-0.3, -0.25) is 20.2 Å². The number of benzene rings is 2. The lowest BCUT2D eigenvalue weighted by Gasteiger charge is -2.07. The Balaban J connectivity index is 1.53. The molecule has 142 valence electrons. The van der Waals surface area contributed by atoms with Crippen LogP contribution in [0.15, 0.2) is 47.8 Å². The summed E-state index contributed by atoms with van der Waals surface area (Å²) in [5, 5.41) is 19.9. The highest BCUT2D eigenvalue weighted by Gasteiger charge is 2.25. The minimum absolute atomic E-state index is 0.115. The molecule has 0 atom stereocenters. The van der Waals surface area contributed by atoms with Crippen molar-refractivity contribution in [2.24, 2.45) is 0 Å². The van der Waals surface area contributed by atoms with Crippen LogP contribution in [0.1, 0.15) is 23.2 Å². The maximum absolute atomic E-state index is 12.5. The maximum atomic E-state index is 12.5. The second-order valence-corrected chi connectivity index (χ2v) is 7.64. The maximum Gasteiger partial charge on any atom is 0.293 e. The van der Waals surface area contributed by atoms with E-state index in [0.717, 1.165) is 18.4 Å². The number of hydrogen-bond acceptors (Lipinski definition) is 6. The van der Waals surface area contributed by atoms with Gasteiger partial charge in [0.15, 0.2) is 5.13 Å². The Kier molecular flexibility index (Phi) is 4.97. The van der Waals surface area contributed by atoms with E-state index in [1.54, 1.807) is 23.6 Å². The highest BCUT2D eigenvalue weighted by atomic mass is 35.5. The molecule has 2 N–H and O–H groups in total. The molecule has 3 aromatic rings. The molecule has 1 aliphatic rings. The van der Waals surface area contributed by atoms with Crippen LogP contribution in [-0.4, -0.2) is 21.9 Å². The molecule has 1 heterocycles. The van der Waals surface area contributed by atoms with E-state index >= 15 is 0 Å². The normalized spacial score (nSPS) is 13.2. The summed E-state index contributed by atoms with van der Waals surface area (Å²) in [4.78, 5) is 27.8. The Hall–Kier alpha value is -2.97. The molecule has 7 nitrogen and oxygen atoms in total. The van der Waals surface area contributed by atoms with E-state index in [1.165, 1.54) is 17.4 Å². The molecular formula is C19H15ClN4O3S. The minimum Gasteiger partial charge on any atom is -0.377 e. The monoisotopic (exact) mass is 414 g/mol. The predicted molar refractivity (Wildman–Crippen MR) is 110 cm³/mol. The molecule has 1 amide bonds. The van der Waals surface area contributed by atoms with E-state index in [4.69, 9.17) is 11.6 Å². The van der Waals surface area contributed by atoms with E-state index in [9.17, 15) is 14.9 Å². The molecule has 28 heavy (non-hydrogen) atoms. The van der Waals surface area contributed by atoms with Crippen molar-refractivity contribution in [2.45, 2.75) is 18.9 Å². The van der Waals surface area contributed by atoms with Crippen molar-refractivity contribution < 1.29 is 9.72 Å². The van der Waals surface area contributed by atoms with Gasteiger partial charge in [0.2, 0.25) is 0 Å². The van der Waals surface area contributed by atoms with Crippen LogP contribution in [0.4, 0.5) is 16.5 Å². The first-order valence-electron chi connectivity index (χ1n) is 8.58. The van der Waals surface area contributed by atoms with E-state index in [1.807, 2.05) is 18.2 Å². The van der Waals surface area contributed by atoms with Crippen molar-refractivity contribution in [3.8, 4) is 11.3 Å². The summed E-state index contributed by atoms with van der Waals surface area (Å²) in [6.07, 6.45) is 1.99. The van der Waals surface area contributed by atoms with Crippen molar-refractivity contribution >= 4 is 45.4 Å². The number of carbonyl (C=O) groups is 1. The van der Waals surface area contributed by atoms with Crippen molar-refractivity contribution in [1.82, 2.24) is 4.98 Å². The number of nitrogens with zero attached hydrogens (tertiary/aromatic N) is 2. The van der Waals surface area contributed by atoms with Crippen LogP contribution in [-0.2, 0) is 0 Å². The zero-order valence-corrected chi connectivity index (χ0v) is 16.1. The van der Waals surface area contributed by atoms with Gasteiger partial charge in [0.25, 0.3) is 11.6 Å². The van der Waals surface area contributed by atoms with E-state index in [0.29, 0.717) is 21.5 Å². The van der Waals surface area contributed by atoms with Gasteiger partial charge in [-0.15, -0.1) is 11.3 Å². The third-order valence-corrected chi connectivity index (χ3v) is 5.36. The Morgan fingerprint density at radius 2 is 2.04 bits per heavy atom. The second kappa shape index (κ2) is 7.57. The van der Waals surface area contributed by atoms with Crippen LogP contribution >= 0.6 is 22.9 Å². The third-order valence-electron chi connectivity index (χ3n) is 4.27. The first-order chi connectivity index (χ1) is 13.5. The molecule has 0 spiro atoms. The van der Waals surface area contributed by atoms with Gasteiger partial charge >= 0.3 is 0 Å². The van der Waals surface area contributed by atoms with Gasteiger partial charge in [-0.1, -0.05) is 29.8 Å². The van der Waals surface area contributed by atoms with E-state index in [-0.39, 0.29) is 17.3 Å². The molecule has 0 aliphatic heterocycles. The first-order valence-corrected chi connectivity index (χ1v) is 9.84. The third kappa shape index (κ3) is 3.97. The van der Waals surface area contributed by atoms with Gasteiger partial charge in [0.1, 0.15) is 5.69 Å². The number of anilines is 2. The highest BCUT2D eigenvalue weighted by molar-refractivity contribution is 7.14. The predicted octanol–water partition coefficient (Wildman–Crippen LogP) is 5.20. The first kappa shape index (κ1) is 18.4. The number of thiazole rings is 1. The van der Waals surface area contributed by atoms with Gasteiger partial charge in [0.05, 0.1) is 10.6 Å². The number of carbonyl (C=O) groups excluding carboxylic acids is 1. The summed E-state index contributed by atoms with van der Waals surface area (Å²) in [5.41, 5.74) is 1.94. The fourth-order valence-electron chi connectivity index (χ4n) is 2.69. The van der Waals surface area contributed by atoms with Crippen molar-refractivity contribution in [3.63, 3.8) is 0 Å². The number of hydrogen-bond donors (Lipinski definition) is 2. The summed E-state index contributed by atoms with van der Waals surface area (Å²) >= 11 is 7.44. The van der Waals surface area contributed by atoms with Crippen LogP contribution in [0.5, 0.6) is 0 Å². The SMILES string of the molecule is O=C(Nc1nc(-c2ccccc2Cl)cs1)c1ccc(NC2CC2)c([N+](=O)[O-])c1. The summed E-state index contributed by atoms with van der Waals surface area (Å²) in [6.45, 7) is 0. The minimum atomic E-state index is -0.486. The van der Waals surface area contributed by atoms with Crippen LogP contribution in [0.3, 0.4) is 0 Å². The summed E-state index contributed by atoms with van der Waals surface area (Å²) in [6, 6.07) is 12.0. The number of rotatable bonds is 6. The molecule has 9 heteroatoms. The number of amides is 1. The number of nitrogens with one attached hydrogen (secondary N) is 2. The van der Waals surface area contributed by atoms with Gasteiger partial charge < -0.3 is 5.32 Å². The zero-order valence-electron chi connectivity index (χ0n) is 14.5. The lowest BCUT2D eigenvalue weighted by atomic mass is 10.1. The molecule has 1 saturated carbocycles. The molecule has 1 fully saturated rings. The lowest BCUT2D eigenvalue weighted by Crippen LogP contribution is -2.13. The Labute approximate surface area is 169 Å². The molecule has 1 aliphatic carbocycles. The van der Waals surface area contributed by atoms with E-state index < -0.39 is 10.8 Å². The lowest BCUT2D eigenvalue weighted by molar-refractivity contribution is -0.384. The average Bonchev–Trinajstić information content (AvgIpc) is 3.38. The van der Waals surface area contributed by atoms with Crippen molar-refractivity contribution in [2.75, 3.05) is 10.6 Å². The van der Waals surface area contributed by atoms with Gasteiger partial charge in [-0.05, 0) is 31.0 Å². The van der Waals surface area contributed by atoms with Crippen LogP contribution in [0, 0.1) is 10.1 Å². The zero-order chi connectivity index (χ0) is 19.7. The fraction of sp³-hybridized carbons (Fsp3) is 0.158. The quantitative estimate of drug-likeness (QED) is 0.427. The fourth-order valence-corrected chi connectivity index (χ4v) is 3.62. The smallest absolute Gasteiger partial charge is 0.293 e. The van der Waals surface area contributed by atoms with Crippen LogP contribution in [0.2, 0.25) is 5.02 Å². The van der Waals surface area contributed by atoms with E-state index in [2.05, 4.69) is 15.6 Å². The number of aromatic nitrogens is 1. The largest absolute Gasteiger partial charge is 0.377 e. The Bertz CT molecular complexity index is 1060. The molecule has 0 saturated heterocycles. The van der Waals surface area contributed by atoms with Gasteiger partial charge in [0, 0.05) is 33.6 Å². The van der Waals surface area contributed by atoms with Gasteiger partial charge in [-0.2, -0.15) is 0 Å². The second-order valence-electron chi connectivity index (χ2n) is 6.38. The van der Waals surface area contributed by atoms with Gasteiger partial charge in [-0.25, -0.2) is 4.98 Å². The Morgan fingerprint density at radius 3 is 2.75 bits per heavy atom. The summed E-state index contributed by atoms with van der Waals surface area (Å²) < 4.78 is 0.